The van der Waals surface area contributed by atoms with Crippen LogP contribution in [0.2, 0.25) is 0 Å². The maximum absolute atomic E-state index is 11.2. The number of aliphatic carboxylic acids is 1. The molecule has 2 saturated heterocycles. The number of aliphatic hydroxyl groups is 5. The fraction of sp³-hybridized carbons (Fsp3) is 0.933. The van der Waals surface area contributed by atoms with Crippen molar-refractivity contribution in [1.82, 2.24) is 0 Å². The lowest BCUT2D eigenvalue weighted by Crippen LogP contribution is -2.66. The topological polar surface area (TPSA) is 192 Å². The zero-order chi connectivity index (χ0) is 19.8. The largest absolute Gasteiger partial charge is 0.479 e. The molecule has 0 aromatic carbocycles. The third-order valence-electron chi connectivity index (χ3n) is 4.83. The van der Waals surface area contributed by atoms with E-state index < -0.39 is 73.1 Å². The second-order valence-corrected chi connectivity index (χ2v) is 7.10. The van der Waals surface area contributed by atoms with Gasteiger partial charge in [0.15, 0.2) is 6.10 Å². The molecule has 26 heavy (non-hydrogen) atoms. The van der Waals surface area contributed by atoms with E-state index in [9.17, 15) is 30.3 Å². The second kappa shape index (κ2) is 8.00. The lowest BCUT2D eigenvalue weighted by Gasteiger charge is -2.46. The molecular formula is C15H27NO10. The van der Waals surface area contributed by atoms with E-state index in [4.69, 9.17) is 25.1 Å². The summed E-state index contributed by atoms with van der Waals surface area (Å²) in [5.74, 6) is -1.51. The van der Waals surface area contributed by atoms with Crippen LogP contribution in [0.1, 0.15) is 13.8 Å². The lowest BCUT2D eigenvalue weighted by atomic mass is 9.86. The predicted molar refractivity (Wildman–Crippen MR) is 84.1 cm³/mol. The van der Waals surface area contributed by atoms with Crippen LogP contribution in [-0.4, -0.2) is 110 Å². The molecule has 2 aliphatic rings. The minimum atomic E-state index is -1.82. The summed E-state index contributed by atoms with van der Waals surface area (Å²) < 4.78 is 16.5. The molecule has 9 unspecified atom stereocenters. The first kappa shape index (κ1) is 21.4. The Morgan fingerprint density at radius 3 is 2.15 bits per heavy atom. The average Bonchev–Trinajstić information content (AvgIpc) is 2.87. The molecule has 11 heteroatoms. The normalized spacial score (nSPS) is 44.2. The molecule has 2 aliphatic heterocycles. The summed E-state index contributed by atoms with van der Waals surface area (Å²) in [6.45, 7) is 2.45. The molecule has 9 atom stereocenters. The minimum absolute atomic E-state index is 0.00744. The number of carboxylic acid groups (broad SMARTS) is 1. The molecule has 2 heterocycles. The third kappa shape index (κ3) is 3.86. The summed E-state index contributed by atoms with van der Waals surface area (Å²) >= 11 is 0. The summed E-state index contributed by atoms with van der Waals surface area (Å²) in [4.78, 5) is 11.2. The standard InChI is InChI=1S/C15H27NO10/c1-15(2,26-11-6(4-17)24-5(3-16)7(11)18)13-10(21)8(19)9(20)12(25-13)14(22)23/h5-13,17-21H,3-4,16H2,1-2H3,(H,22,23). The summed E-state index contributed by atoms with van der Waals surface area (Å²) in [6, 6.07) is 0. The maximum Gasteiger partial charge on any atom is 0.335 e. The van der Waals surface area contributed by atoms with E-state index in [2.05, 4.69) is 0 Å². The van der Waals surface area contributed by atoms with Gasteiger partial charge in [0.2, 0.25) is 0 Å². The molecule has 11 nitrogen and oxygen atoms in total. The molecule has 152 valence electrons. The van der Waals surface area contributed by atoms with E-state index in [0.29, 0.717) is 0 Å². The Bertz CT molecular complexity index is 501. The highest BCUT2D eigenvalue weighted by molar-refractivity contribution is 5.73. The van der Waals surface area contributed by atoms with Crippen LogP contribution < -0.4 is 5.73 Å². The van der Waals surface area contributed by atoms with Crippen molar-refractivity contribution in [1.29, 1.82) is 0 Å². The van der Waals surface area contributed by atoms with Crippen LogP contribution in [0.5, 0.6) is 0 Å². The molecule has 0 bridgehead atoms. The van der Waals surface area contributed by atoms with Gasteiger partial charge in [0.25, 0.3) is 0 Å². The Morgan fingerprint density at radius 2 is 1.65 bits per heavy atom. The molecule has 0 aromatic heterocycles. The molecule has 0 radical (unpaired) electrons. The van der Waals surface area contributed by atoms with Crippen molar-refractivity contribution in [3.05, 3.63) is 0 Å². The highest BCUT2D eigenvalue weighted by Crippen LogP contribution is 2.34. The second-order valence-electron chi connectivity index (χ2n) is 7.10. The fourth-order valence-corrected chi connectivity index (χ4v) is 3.38. The fourth-order valence-electron chi connectivity index (χ4n) is 3.38. The number of ether oxygens (including phenoxy) is 3. The van der Waals surface area contributed by atoms with Crippen LogP contribution >= 0.6 is 0 Å². The van der Waals surface area contributed by atoms with E-state index >= 15 is 0 Å². The van der Waals surface area contributed by atoms with Crippen LogP contribution in [0.15, 0.2) is 0 Å². The van der Waals surface area contributed by atoms with Crippen molar-refractivity contribution in [2.24, 2.45) is 5.73 Å². The Balaban J connectivity index is 2.21. The van der Waals surface area contributed by atoms with Gasteiger partial charge in [-0.15, -0.1) is 0 Å². The Kier molecular flexibility index (Phi) is 6.59. The highest BCUT2D eigenvalue weighted by atomic mass is 16.6. The van der Waals surface area contributed by atoms with Crippen LogP contribution in [0.25, 0.3) is 0 Å². The Labute approximate surface area is 149 Å². The van der Waals surface area contributed by atoms with Gasteiger partial charge in [-0.05, 0) is 13.8 Å². The molecule has 8 N–H and O–H groups in total. The van der Waals surface area contributed by atoms with Crippen molar-refractivity contribution in [2.75, 3.05) is 13.2 Å². The minimum Gasteiger partial charge on any atom is -0.479 e. The molecular weight excluding hydrogens is 354 g/mol. The van der Waals surface area contributed by atoms with Crippen molar-refractivity contribution in [2.45, 2.75) is 74.4 Å². The zero-order valence-electron chi connectivity index (χ0n) is 14.5. The van der Waals surface area contributed by atoms with Crippen LogP contribution in [0.3, 0.4) is 0 Å². The van der Waals surface area contributed by atoms with Gasteiger partial charge in [-0.2, -0.15) is 0 Å². The first-order valence-corrected chi connectivity index (χ1v) is 8.29. The summed E-state index contributed by atoms with van der Waals surface area (Å²) in [6.07, 6.45) is -12.2. The highest BCUT2D eigenvalue weighted by Gasteiger charge is 2.54. The van der Waals surface area contributed by atoms with Crippen molar-refractivity contribution in [3.63, 3.8) is 0 Å². The Hall–Kier alpha value is -0.890. The maximum atomic E-state index is 11.2. The molecule has 0 amide bonds. The van der Waals surface area contributed by atoms with E-state index in [1.807, 2.05) is 0 Å². The smallest absolute Gasteiger partial charge is 0.335 e. The summed E-state index contributed by atoms with van der Waals surface area (Å²) in [5, 5.41) is 58.8. The van der Waals surface area contributed by atoms with E-state index in [1.54, 1.807) is 0 Å². The summed E-state index contributed by atoms with van der Waals surface area (Å²) in [5.41, 5.74) is 4.09. The van der Waals surface area contributed by atoms with Crippen LogP contribution in [0.4, 0.5) is 0 Å². The van der Waals surface area contributed by atoms with Gasteiger partial charge < -0.3 is 50.6 Å². The van der Waals surface area contributed by atoms with Gasteiger partial charge in [-0.25, -0.2) is 4.79 Å². The van der Waals surface area contributed by atoms with Gasteiger partial charge in [-0.3, -0.25) is 0 Å². The first-order chi connectivity index (χ1) is 12.0. The molecule has 2 fully saturated rings. The van der Waals surface area contributed by atoms with Gasteiger partial charge >= 0.3 is 5.97 Å². The van der Waals surface area contributed by atoms with E-state index in [-0.39, 0.29) is 6.54 Å². The number of carbonyl (C=O) groups is 1. The number of hydrogen-bond acceptors (Lipinski definition) is 10. The van der Waals surface area contributed by atoms with Gasteiger partial charge in [0.05, 0.1) is 18.3 Å². The van der Waals surface area contributed by atoms with Gasteiger partial charge in [0.1, 0.15) is 42.7 Å². The van der Waals surface area contributed by atoms with Gasteiger partial charge in [0, 0.05) is 6.54 Å². The molecule has 0 spiro atoms. The zero-order valence-corrected chi connectivity index (χ0v) is 14.5. The number of rotatable bonds is 6. The number of aliphatic hydroxyl groups excluding tert-OH is 5. The predicted octanol–water partition coefficient (Wildman–Crippen LogP) is -3.84. The van der Waals surface area contributed by atoms with Crippen LogP contribution in [0, 0.1) is 0 Å². The van der Waals surface area contributed by atoms with Crippen LogP contribution in [-0.2, 0) is 19.0 Å². The number of hydrogen-bond donors (Lipinski definition) is 7. The number of nitrogens with two attached hydrogens (primary N) is 1. The monoisotopic (exact) mass is 381 g/mol. The van der Waals surface area contributed by atoms with Crippen molar-refractivity contribution < 1.29 is 49.6 Å². The molecule has 2 rings (SSSR count). The number of carboxylic acids is 1. The quantitative estimate of drug-likeness (QED) is 0.238. The summed E-state index contributed by atoms with van der Waals surface area (Å²) in [7, 11) is 0. The van der Waals surface area contributed by atoms with E-state index in [0.717, 1.165) is 0 Å². The molecule has 0 aliphatic carbocycles. The Morgan fingerprint density at radius 1 is 1.04 bits per heavy atom. The SMILES string of the molecule is CC(C)(OC1C(CO)OC(CN)C1O)C1OC(C(=O)O)C(O)C(O)C1O. The van der Waals surface area contributed by atoms with Crippen molar-refractivity contribution in [3.8, 4) is 0 Å². The first-order valence-electron chi connectivity index (χ1n) is 8.29. The lowest BCUT2D eigenvalue weighted by molar-refractivity contribution is -0.277. The molecule has 0 aromatic rings. The molecule has 0 saturated carbocycles. The van der Waals surface area contributed by atoms with Gasteiger partial charge in [-0.1, -0.05) is 0 Å². The third-order valence-corrected chi connectivity index (χ3v) is 4.83. The van der Waals surface area contributed by atoms with E-state index in [1.165, 1.54) is 13.8 Å². The average molecular weight is 381 g/mol. The van der Waals surface area contributed by atoms with Crippen molar-refractivity contribution >= 4 is 5.97 Å².